The Morgan fingerprint density at radius 2 is 1.69 bits per heavy atom. The molecule has 0 spiro atoms. The Hall–Kier alpha value is -0.980. The first-order valence-corrected chi connectivity index (χ1v) is 3.72. The van der Waals surface area contributed by atoms with Crippen LogP contribution in [0.3, 0.4) is 0 Å². The van der Waals surface area contributed by atoms with E-state index in [1.54, 1.807) is 0 Å². The van der Waals surface area contributed by atoms with Crippen LogP contribution in [-0.2, 0) is 9.59 Å². The maximum Gasteiger partial charge on any atom is 0.335 e. The van der Waals surface area contributed by atoms with E-state index in [0.29, 0.717) is 0 Å². The summed E-state index contributed by atoms with van der Waals surface area (Å²) in [5.74, 6) is -2.39. The van der Waals surface area contributed by atoms with E-state index in [-0.39, 0.29) is 0 Å². The molecule has 6 nitrogen and oxygen atoms in total. The molecule has 0 aliphatic heterocycles. The zero-order valence-electron chi connectivity index (χ0n) is 6.67. The lowest BCUT2D eigenvalue weighted by Gasteiger charge is -2.32. The number of hydrogen-bond acceptors (Lipinski definition) is 5. The molecule has 13 heavy (non-hydrogen) atoms. The number of carboxylic acid groups (broad SMARTS) is 1. The third kappa shape index (κ3) is 1.69. The van der Waals surface area contributed by atoms with Crippen molar-refractivity contribution in [3.05, 3.63) is 0 Å². The van der Waals surface area contributed by atoms with E-state index >= 15 is 0 Å². The molecule has 0 heterocycles. The van der Waals surface area contributed by atoms with Crippen molar-refractivity contribution in [1.82, 2.24) is 0 Å². The van der Waals surface area contributed by atoms with E-state index < -0.39 is 42.4 Å². The molecule has 0 saturated heterocycles. The predicted octanol–water partition coefficient (Wildman–Crippen LogP) is -2.11. The summed E-state index contributed by atoms with van der Waals surface area (Å²) in [4.78, 5) is 21.3. The molecule has 0 amide bonds. The molecule has 0 radical (unpaired) electrons. The summed E-state index contributed by atoms with van der Waals surface area (Å²) in [6.45, 7) is 0. The first-order chi connectivity index (χ1) is 5.87. The van der Waals surface area contributed by atoms with Crippen LogP contribution in [0.1, 0.15) is 12.8 Å². The number of aliphatic hydroxyl groups excluding tert-OH is 2. The topological polar surface area (TPSA) is 115 Å². The van der Waals surface area contributed by atoms with Crippen LogP contribution in [0.2, 0.25) is 0 Å². The lowest BCUT2D eigenvalue weighted by molar-refractivity contribution is -0.175. The SMILES string of the molecule is O=C1[C@H](O)CC(O)(C(=O)O)C[C@H]1O. The highest BCUT2D eigenvalue weighted by atomic mass is 16.4. The number of ketones is 1. The summed E-state index contributed by atoms with van der Waals surface area (Å²) in [5.41, 5.74) is -2.20. The summed E-state index contributed by atoms with van der Waals surface area (Å²) >= 11 is 0. The monoisotopic (exact) mass is 190 g/mol. The standard InChI is InChI=1S/C7H10O6/c8-3-1-7(13,6(11)12)2-4(9)5(3)10/h3-4,8-9,13H,1-2H2,(H,11,12)/t3-,4-/m1/s1. The highest BCUT2D eigenvalue weighted by Gasteiger charge is 2.48. The Morgan fingerprint density at radius 1 is 1.31 bits per heavy atom. The second-order valence-corrected chi connectivity index (χ2v) is 3.18. The van der Waals surface area contributed by atoms with Gasteiger partial charge >= 0.3 is 5.97 Å². The van der Waals surface area contributed by atoms with E-state index in [2.05, 4.69) is 0 Å². The number of carbonyl (C=O) groups is 2. The summed E-state index contributed by atoms with van der Waals surface area (Å²) < 4.78 is 0. The van der Waals surface area contributed by atoms with Gasteiger partial charge in [0.2, 0.25) is 0 Å². The maximum atomic E-state index is 10.8. The highest BCUT2D eigenvalue weighted by molar-refractivity contribution is 5.91. The second kappa shape index (κ2) is 3.06. The zero-order chi connectivity index (χ0) is 10.2. The van der Waals surface area contributed by atoms with Gasteiger partial charge in [-0.05, 0) is 0 Å². The van der Waals surface area contributed by atoms with E-state index in [9.17, 15) is 14.7 Å². The van der Waals surface area contributed by atoms with Gasteiger partial charge in [0.1, 0.15) is 12.2 Å². The molecule has 1 saturated carbocycles. The van der Waals surface area contributed by atoms with Gasteiger partial charge in [0, 0.05) is 12.8 Å². The molecular formula is C7H10O6. The van der Waals surface area contributed by atoms with Gasteiger partial charge in [-0.2, -0.15) is 0 Å². The van der Waals surface area contributed by atoms with Crippen molar-refractivity contribution < 1.29 is 30.0 Å². The van der Waals surface area contributed by atoms with Crippen LogP contribution in [0.15, 0.2) is 0 Å². The molecule has 1 rings (SSSR count). The first kappa shape index (κ1) is 10.1. The molecule has 74 valence electrons. The smallest absolute Gasteiger partial charge is 0.335 e. The summed E-state index contributed by atoms with van der Waals surface area (Å²) in [6, 6.07) is 0. The number of aliphatic hydroxyl groups is 3. The molecule has 0 aromatic heterocycles. The van der Waals surface area contributed by atoms with Crippen molar-refractivity contribution in [1.29, 1.82) is 0 Å². The fraction of sp³-hybridized carbons (Fsp3) is 0.714. The number of hydrogen-bond donors (Lipinski definition) is 4. The van der Waals surface area contributed by atoms with Crippen LogP contribution >= 0.6 is 0 Å². The van der Waals surface area contributed by atoms with Gasteiger partial charge in [-0.1, -0.05) is 0 Å². The molecule has 0 aromatic carbocycles. The van der Waals surface area contributed by atoms with Crippen LogP contribution in [0, 0.1) is 0 Å². The highest BCUT2D eigenvalue weighted by Crippen LogP contribution is 2.26. The van der Waals surface area contributed by atoms with Crippen molar-refractivity contribution in [2.75, 3.05) is 0 Å². The molecule has 4 N–H and O–H groups in total. The molecule has 1 aliphatic rings. The van der Waals surface area contributed by atoms with Gasteiger partial charge in [-0.3, -0.25) is 4.79 Å². The van der Waals surface area contributed by atoms with E-state index in [0.717, 1.165) is 0 Å². The van der Waals surface area contributed by atoms with Crippen molar-refractivity contribution in [2.45, 2.75) is 30.7 Å². The first-order valence-electron chi connectivity index (χ1n) is 3.72. The van der Waals surface area contributed by atoms with E-state index in [1.807, 2.05) is 0 Å². The van der Waals surface area contributed by atoms with Crippen LogP contribution < -0.4 is 0 Å². The second-order valence-electron chi connectivity index (χ2n) is 3.18. The quantitative estimate of drug-likeness (QED) is 0.376. The van der Waals surface area contributed by atoms with Crippen LogP contribution in [-0.4, -0.2) is 50.0 Å². The van der Waals surface area contributed by atoms with E-state index in [4.69, 9.17) is 15.3 Å². The predicted molar refractivity (Wildman–Crippen MR) is 38.8 cm³/mol. The fourth-order valence-electron chi connectivity index (χ4n) is 1.32. The molecule has 2 atom stereocenters. The van der Waals surface area contributed by atoms with Gasteiger partial charge in [0.05, 0.1) is 0 Å². The van der Waals surface area contributed by atoms with Crippen molar-refractivity contribution in [2.24, 2.45) is 0 Å². The Balaban J connectivity index is 2.85. The number of rotatable bonds is 1. The molecule has 6 heteroatoms. The summed E-state index contributed by atoms with van der Waals surface area (Å²) in [7, 11) is 0. The van der Waals surface area contributed by atoms with Gasteiger partial charge in [0.15, 0.2) is 11.4 Å². The van der Waals surface area contributed by atoms with E-state index in [1.165, 1.54) is 0 Å². The number of carboxylic acids is 1. The van der Waals surface area contributed by atoms with Crippen molar-refractivity contribution >= 4 is 11.8 Å². The molecular weight excluding hydrogens is 180 g/mol. The minimum Gasteiger partial charge on any atom is -0.479 e. The molecule has 0 aromatic rings. The largest absolute Gasteiger partial charge is 0.479 e. The maximum absolute atomic E-state index is 10.8. The number of carbonyl (C=O) groups excluding carboxylic acids is 1. The number of aliphatic carboxylic acids is 1. The lowest BCUT2D eigenvalue weighted by Crippen LogP contribution is -2.54. The zero-order valence-corrected chi connectivity index (χ0v) is 6.67. The Labute approximate surface area is 73.4 Å². The third-order valence-electron chi connectivity index (χ3n) is 2.12. The Bertz CT molecular complexity index is 233. The van der Waals surface area contributed by atoms with Crippen molar-refractivity contribution in [3.8, 4) is 0 Å². The fourth-order valence-corrected chi connectivity index (χ4v) is 1.32. The Morgan fingerprint density at radius 3 is 2.00 bits per heavy atom. The molecule has 0 unspecified atom stereocenters. The van der Waals surface area contributed by atoms with Crippen molar-refractivity contribution in [3.63, 3.8) is 0 Å². The molecule has 0 bridgehead atoms. The minimum absolute atomic E-state index is 0.571. The van der Waals surface area contributed by atoms with Gasteiger partial charge in [0.25, 0.3) is 0 Å². The van der Waals surface area contributed by atoms with Gasteiger partial charge < -0.3 is 20.4 Å². The van der Waals surface area contributed by atoms with Gasteiger partial charge in [-0.25, -0.2) is 4.79 Å². The molecule has 1 aliphatic carbocycles. The molecule has 1 fully saturated rings. The minimum atomic E-state index is -2.20. The summed E-state index contributed by atoms with van der Waals surface area (Å²) in [6.07, 6.45) is -4.36. The normalized spacial score (nSPS) is 40.4. The average molecular weight is 190 g/mol. The van der Waals surface area contributed by atoms with Crippen LogP contribution in [0.25, 0.3) is 0 Å². The summed E-state index contributed by atoms with van der Waals surface area (Å²) in [5, 5.41) is 35.9. The third-order valence-corrected chi connectivity index (χ3v) is 2.12. The lowest BCUT2D eigenvalue weighted by atomic mass is 9.81. The van der Waals surface area contributed by atoms with Crippen LogP contribution in [0.5, 0.6) is 0 Å². The van der Waals surface area contributed by atoms with Gasteiger partial charge in [-0.15, -0.1) is 0 Å². The Kier molecular flexibility index (Phi) is 2.38. The van der Waals surface area contributed by atoms with Crippen LogP contribution in [0.4, 0.5) is 0 Å². The number of Topliss-reactive ketones (excluding diaryl/α,β-unsaturated/α-hetero) is 1. The average Bonchev–Trinajstić information content (AvgIpc) is 2.00.